The lowest BCUT2D eigenvalue weighted by Crippen LogP contribution is -2.13. The normalized spacial score (nSPS) is 12.4. The van der Waals surface area contributed by atoms with Gasteiger partial charge in [-0.05, 0) is 62.8 Å². The number of hydrogen-bond acceptors (Lipinski definition) is 8. The molecule has 31 heavy (non-hydrogen) atoms. The molecule has 0 amide bonds. The average molecular weight is 419 g/mol. The monoisotopic (exact) mass is 418 g/mol. The van der Waals surface area contributed by atoms with E-state index in [2.05, 4.69) is 58.3 Å². The van der Waals surface area contributed by atoms with Crippen molar-refractivity contribution in [3.63, 3.8) is 0 Å². The Labute approximate surface area is 183 Å². The van der Waals surface area contributed by atoms with Crippen LogP contribution in [0.15, 0.2) is 47.9 Å². The van der Waals surface area contributed by atoms with Crippen LogP contribution in [0.3, 0.4) is 0 Å². The predicted molar refractivity (Wildman–Crippen MR) is 128 cm³/mol. The third-order valence-electron chi connectivity index (χ3n) is 4.77. The van der Waals surface area contributed by atoms with Crippen LogP contribution in [0.25, 0.3) is 16.6 Å². The number of pyridine rings is 2. The van der Waals surface area contributed by atoms with Gasteiger partial charge in [-0.1, -0.05) is 13.8 Å². The maximum Gasteiger partial charge on any atom is 0.154 e. The quantitative estimate of drug-likeness (QED) is 0.404. The van der Waals surface area contributed by atoms with Gasteiger partial charge in [0.15, 0.2) is 5.82 Å². The second-order valence-corrected chi connectivity index (χ2v) is 7.93. The Kier molecular flexibility index (Phi) is 7.61. The minimum absolute atomic E-state index is 0.374. The number of nitrogens with two attached hydrogens (primary N) is 1. The van der Waals surface area contributed by atoms with E-state index in [1.165, 1.54) is 0 Å². The minimum atomic E-state index is 0.374. The van der Waals surface area contributed by atoms with Crippen molar-refractivity contribution in [3.8, 4) is 0 Å². The number of fused-ring (bicyclic) bond motifs is 1. The Morgan fingerprint density at radius 2 is 2.00 bits per heavy atom. The largest absolute Gasteiger partial charge is 0.404 e. The summed E-state index contributed by atoms with van der Waals surface area (Å²) >= 11 is 0. The van der Waals surface area contributed by atoms with Gasteiger partial charge in [-0.15, -0.1) is 5.10 Å². The Hall–Kier alpha value is -3.39. The molecule has 8 heteroatoms. The van der Waals surface area contributed by atoms with Gasteiger partial charge in [0.2, 0.25) is 0 Å². The van der Waals surface area contributed by atoms with Crippen LogP contribution in [-0.4, -0.2) is 58.5 Å². The smallest absolute Gasteiger partial charge is 0.154 e. The number of hydrogen-bond donors (Lipinski definition) is 2. The highest BCUT2D eigenvalue weighted by atomic mass is 15.2. The van der Waals surface area contributed by atoms with Crippen LogP contribution < -0.4 is 11.1 Å². The van der Waals surface area contributed by atoms with Crippen molar-refractivity contribution in [1.82, 2.24) is 25.1 Å². The van der Waals surface area contributed by atoms with E-state index in [9.17, 15) is 0 Å². The van der Waals surface area contributed by atoms with Crippen molar-refractivity contribution in [3.05, 3.63) is 54.0 Å². The van der Waals surface area contributed by atoms with Crippen molar-refractivity contribution in [1.29, 1.82) is 0 Å². The summed E-state index contributed by atoms with van der Waals surface area (Å²) in [4.78, 5) is 15.8. The van der Waals surface area contributed by atoms with Gasteiger partial charge in [0.05, 0.1) is 17.2 Å². The molecule has 3 heterocycles. The molecule has 0 aromatic carbocycles. The van der Waals surface area contributed by atoms with Crippen LogP contribution in [0.5, 0.6) is 0 Å². The Balaban J connectivity index is 1.78. The van der Waals surface area contributed by atoms with Gasteiger partial charge in [-0.25, -0.2) is 4.98 Å². The van der Waals surface area contributed by atoms with Crippen molar-refractivity contribution in [2.24, 2.45) is 10.7 Å². The second kappa shape index (κ2) is 10.6. The van der Waals surface area contributed by atoms with Gasteiger partial charge in [0, 0.05) is 36.3 Å². The number of nitrogens with zero attached hydrogens (tertiary/aromatic N) is 6. The number of anilines is 2. The minimum Gasteiger partial charge on any atom is -0.404 e. The van der Waals surface area contributed by atoms with E-state index < -0.39 is 0 Å². The van der Waals surface area contributed by atoms with Gasteiger partial charge < -0.3 is 16.0 Å². The van der Waals surface area contributed by atoms with E-state index in [0.717, 1.165) is 47.2 Å². The third-order valence-corrected chi connectivity index (χ3v) is 4.77. The second-order valence-electron chi connectivity index (χ2n) is 7.93. The van der Waals surface area contributed by atoms with Crippen LogP contribution in [0.1, 0.15) is 37.3 Å². The number of nitrogens with one attached hydrogen (secondary N) is 1. The van der Waals surface area contributed by atoms with Gasteiger partial charge in [0.1, 0.15) is 5.82 Å². The van der Waals surface area contributed by atoms with Crippen LogP contribution in [0.2, 0.25) is 0 Å². The Bertz CT molecular complexity index is 1070. The number of aliphatic imine (C=N–C) groups is 1. The molecule has 3 aromatic rings. The molecule has 0 aliphatic rings. The summed E-state index contributed by atoms with van der Waals surface area (Å²) in [7, 11) is 4.11. The zero-order valence-corrected chi connectivity index (χ0v) is 18.6. The molecule has 8 nitrogen and oxygen atoms in total. The van der Waals surface area contributed by atoms with E-state index in [-0.39, 0.29) is 0 Å². The highest BCUT2D eigenvalue weighted by Gasteiger charge is 2.07. The van der Waals surface area contributed by atoms with Crippen molar-refractivity contribution >= 4 is 34.5 Å². The predicted octanol–water partition coefficient (Wildman–Crippen LogP) is 3.61. The fourth-order valence-electron chi connectivity index (χ4n) is 2.98. The maximum atomic E-state index is 5.85. The fourth-order valence-corrected chi connectivity index (χ4v) is 2.98. The fraction of sp³-hybridized carbons (Fsp3) is 0.348. The van der Waals surface area contributed by atoms with Crippen molar-refractivity contribution < 1.29 is 0 Å². The molecule has 0 saturated heterocycles. The Morgan fingerprint density at radius 3 is 2.74 bits per heavy atom. The molecule has 0 bridgehead atoms. The Morgan fingerprint density at radius 1 is 1.16 bits per heavy atom. The van der Waals surface area contributed by atoms with Gasteiger partial charge >= 0.3 is 0 Å². The molecule has 3 aromatic heterocycles. The molecule has 0 saturated carbocycles. The van der Waals surface area contributed by atoms with E-state index in [1.807, 2.05) is 24.3 Å². The molecule has 3 N–H and O–H groups in total. The SMILES string of the molecule is CC(C)c1cnnc(Nc2ccc3ncc(C(C=NCCCN(C)C)=CN)cc3n2)c1. The van der Waals surface area contributed by atoms with E-state index in [1.54, 1.807) is 24.8 Å². The standard InChI is InChI=1S/C23H30N8/c1-16(2)17-11-23(30-27-15-17)29-22-7-6-20-21(28-22)10-18(14-26-20)19(12-24)13-25-8-5-9-31(3)4/h6-7,10-16H,5,8-9,24H2,1-4H3,(H,28,29,30). The zero-order chi connectivity index (χ0) is 22.2. The zero-order valence-electron chi connectivity index (χ0n) is 18.6. The first-order chi connectivity index (χ1) is 15.0. The number of allylic oxidation sites excluding steroid dienone is 1. The van der Waals surface area contributed by atoms with E-state index >= 15 is 0 Å². The van der Waals surface area contributed by atoms with Crippen molar-refractivity contribution in [2.75, 3.05) is 32.5 Å². The summed E-state index contributed by atoms with van der Waals surface area (Å²) in [5.74, 6) is 1.71. The lowest BCUT2D eigenvalue weighted by atomic mass is 10.1. The molecular formula is C23H30N8. The van der Waals surface area contributed by atoms with Crippen LogP contribution in [-0.2, 0) is 0 Å². The van der Waals surface area contributed by atoms with Gasteiger partial charge in [-0.3, -0.25) is 9.98 Å². The van der Waals surface area contributed by atoms with Crippen molar-refractivity contribution in [2.45, 2.75) is 26.2 Å². The molecule has 0 radical (unpaired) electrons. The van der Waals surface area contributed by atoms with Crippen LogP contribution in [0, 0.1) is 0 Å². The maximum absolute atomic E-state index is 5.85. The molecule has 0 atom stereocenters. The third kappa shape index (κ3) is 6.29. The number of aromatic nitrogens is 4. The summed E-state index contributed by atoms with van der Waals surface area (Å²) in [5, 5.41) is 11.5. The van der Waals surface area contributed by atoms with Gasteiger partial charge in [-0.2, -0.15) is 5.10 Å². The lowest BCUT2D eigenvalue weighted by molar-refractivity contribution is 0.403. The highest BCUT2D eigenvalue weighted by Crippen LogP contribution is 2.21. The molecule has 0 fully saturated rings. The first-order valence-corrected chi connectivity index (χ1v) is 10.4. The first-order valence-electron chi connectivity index (χ1n) is 10.4. The van der Waals surface area contributed by atoms with Crippen LogP contribution >= 0.6 is 0 Å². The molecule has 0 aliphatic carbocycles. The summed E-state index contributed by atoms with van der Waals surface area (Å²) in [5.41, 5.74) is 10.2. The molecule has 3 rings (SSSR count). The summed E-state index contributed by atoms with van der Waals surface area (Å²) in [6.07, 6.45) is 7.91. The first kappa shape index (κ1) is 22.3. The topological polar surface area (TPSA) is 105 Å². The highest BCUT2D eigenvalue weighted by molar-refractivity contribution is 6.10. The molecule has 162 valence electrons. The van der Waals surface area contributed by atoms with E-state index in [4.69, 9.17) is 10.7 Å². The average Bonchev–Trinajstić information content (AvgIpc) is 2.76. The molecule has 0 aliphatic heterocycles. The summed E-state index contributed by atoms with van der Waals surface area (Å²) in [6.45, 7) is 5.99. The molecule has 0 unspecified atom stereocenters. The molecule has 0 spiro atoms. The summed E-state index contributed by atoms with van der Waals surface area (Å²) < 4.78 is 0. The summed E-state index contributed by atoms with van der Waals surface area (Å²) in [6, 6.07) is 7.76. The van der Waals surface area contributed by atoms with E-state index in [0.29, 0.717) is 17.6 Å². The van der Waals surface area contributed by atoms with Gasteiger partial charge in [0.25, 0.3) is 0 Å². The van der Waals surface area contributed by atoms with Crippen LogP contribution in [0.4, 0.5) is 11.6 Å². The number of rotatable bonds is 9. The lowest BCUT2D eigenvalue weighted by Gasteiger charge is -2.09. The molecular weight excluding hydrogens is 388 g/mol.